The first kappa shape index (κ1) is 20.3. The van der Waals surface area contributed by atoms with Crippen LogP contribution in [-0.4, -0.2) is 6.61 Å². The van der Waals surface area contributed by atoms with Crippen molar-refractivity contribution in [3.8, 4) is 17.6 Å². The van der Waals surface area contributed by atoms with Crippen molar-refractivity contribution in [2.45, 2.75) is 58.3 Å². The fourth-order valence-electron chi connectivity index (χ4n) is 3.83. The van der Waals surface area contributed by atoms with Crippen LogP contribution in [0.15, 0.2) is 60.7 Å². The monoisotopic (exact) mass is 372 g/mol. The Morgan fingerprint density at radius 1 is 0.929 bits per heavy atom. The zero-order valence-electron chi connectivity index (χ0n) is 17.3. The first-order valence-electron chi connectivity index (χ1n) is 10.8. The lowest BCUT2D eigenvalue weighted by molar-refractivity contribution is 0.317. The zero-order chi connectivity index (χ0) is 19.6. The Kier molecular flexibility index (Phi) is 7.80. The minimum Gasteiger partial charge on any atom is -0.494 e. The maximum Gasteiger partial charge on any atom is 0.119 e. The van der Waals surface area contributed by atoms with Crippen LogP contribution in [0.1, 0.15) is 68.6 Å². The summed E-state index contributed by atoms with van der Waals surface area (Å²) in [5, 5.41) is 0. The highest BCUT2D eigenvalue weighted by molar-refractivity contribution is 5.38. The number of hydrogen-bond donors (Lipinski definition) is 0. The van der Waals surface area contributed by atoms with Gasteiger partial charge in [-0.05, 0) is 91.8 Å². The molecule has 0 aromatic heterocycles. The van der Waals surface area contributed by atoms with E-state index in [2.05, 4.69) is 86.4 Å². The third-order valence-corrected chi connectivity index (χ3v) is 5.63. The summed E-state index contributed by atoms with van der Waals surface area (Å²) in [6.07, 6.45) is 11.5. The Morgan fingerprint density at radius 3 is 2.29 bits per heavy atom. The molecule has 0 bridgehead atoms. The first-order chi connectivity index (χ1) is 13.8. The van der Waals surface area contributed by atoms with Crippen molar-refractivity contribution in [1.82, 2.24) is 0 Å². The molecule has 1 aliphatic carbocycles. The standard InChI is InChI=1S/C27H32O/c1-3-21-28-27-19-17-26(18-20-27)25-15-13-24(14-16-25)8-6-5-7-23-11-9-22(4-2)10-12-23/h6,8-12,17-20,24-25H,3-4,13-16,21H2,1-2H3/t24-,25-. The summed E-state index contributed by atoms with van der Waals surface area (Å²) < 4.78 is 5.69. The second kappa shape index (κ2) is 10.8. The molecule has 0 atom stereocenters. The highest BCUT2D eigenvalue weighted by atomic mass is 16.5. The molecule has 1 saturated carbocycles. The molecule has 1 fully saturated rings. The van der Waals surface area contributed by atoms with Crippen molar-refractivity contribution in [2.24, 2.45) is 5.92 Å². The molecule has 1 nitrogen and oxygen atoms in total. The van der Waals surface area contributed by atoms with Crippen LogP contribution in [0.25, 0.3) is 0 Å². The molecule has 2 aromatic carbocycles. The van der Waals surface area contributed by atoms with Gasteiger partial charge < -0.3 is 4.74 Å². The lowest BCUT2D eigenvalue weighted by atomic mass is 9.78. The van der Waals surface area contributed by atoms with Gasteiger partial charge in [0.15, 0.2) is 0 Å². The molecule has 0 spiro atoms. The topological polar surface area (TPSA) is 9.23 Å². The summed E-state index contributed by atoms with van der Waals surface area (Å²) in [7, 11) is 0. The molecular weight excluding hydrogens is 340 g/mol. The third kappa shape index (κ3) is 6.03. The van der Waals surface area contributed by atoms with E-state index in [1.807, 2.05) is 0 Å². The molecule has 146 valence electrons. The van der Waals surface area contributed by atoms with Crippen LogP contribution in [-0.2, 0) is 6.42 Å². The number of ether oxygens (including phenoxy) is 1. The summed E-state index contributed by atoms with van der Waals surface area (Å²) >= 11 is 0. The van der Waals surface area contributed by atoms with Crippen molar-refractivity contribution in [2.75, 3.05) is 6.61 Å². The molecule has 0 aliphatic heterocycles. The van der Waals surface area contributed by atoms with E-state index in [1.165, 1.54) is 36.8 Å². The Labute approximate surface area is 170 Å². The molecule has 2 aromatic rings. The van der Waals surface area contributed by atoms with Gasteiger partial charge in [-0.25, -0.2) is 0 Å². The zero-order valence-corrected chi connectivity index (χ0v) is 17.3. The summed E-state index contributed by atoms with van der Waals surface area (Å²) in [6, 6.07) is 17.3. The number of rotatable bonds is 6. The van der Waals surface area contributed by atoms with Crippen molar-refractivity contribution in [3.05, 3.63) is 77.4 Å². The van der Waals surface area contributed by atoms with E-state index in [1.54, 1.807) is 0 Å². The van der Waals surface area contributed by atoms with Gasteiger partial charge in [0.05, 0.1) is 6.61 Å². The summed E-state index contributed by atoms with van der Waals surface area (Å²) in [5.41, 5.74) is 3.92. The van der Waals surface area contributed by atoms with Gasteiger partial charge in [0.1, 0.15) is 5.75 Å². The lowest BCUT2D eigenvalue weighted by Gasteiger charge is -2.27. The van der Waals surface area contributed by atoms with Gasteiger partial charge in [-0.3, -0.25) is 0 Å². The molecule has 28 heavy (non-hydrogen) atoms. The van der Waals surface area contributed by atoms with Gasteiger partial charge in [-0.1, -0.05) is 56.0 Å². The Hall–Kier alpha value is -2.46. The quantitative estimate of drug-likeness (QED) is 0.500. The SMILES string of the molecule is CCCOc1ccc([C@H]2CC[C@H](C=CC#Cc3ccc(CC)cc3)CC2)cc1. The molecule has 0 heterocycles. The predicted molar refractivity (Wildman–Crippen MR) is 119 cm³/mol. The maximum absolute atomic E-state index is 5.69. The van der Waals surface area contributed by atoms with E-state index in [0.717, 1.165) is 30.8 Å². The van der Waals surface area contributed by atoms with Gasteiger partial charge in [0, 0.05) is 5.56 Å². The highest BCUT2D eigenvalue weighted by Gasteiger charge is 2.20. The van der Waals surface area contributed by atoms with E-state index < -0.39 is 0 Å². The Balaban J connectivity index is 1.46. The third-order valence-electron chi connectivity index (χ3n) is 5.63. The molecular formula is C27H32O. The van der Waals surface area contributed by atoms with Crippen LogP contribution in [0.3, 0.4) is 0 Å². The van der Waals surface area contributed by atoms with Crippen molar-refractivity contribution in [3.63, 3.8) is 0 Å². The molecule has 0 saturated heterocycles. The van der Waals surface area contributed by atoms with E-state index >= 15 is 0 Å². The predicted octanol–water partition coefficient (Wildman–Crippen LogP) is 6.92. The second-order valence-electron chi connectivity index (χ2n) is 7.71. The summed E-state index contributed by atoms with van der Waals surface area (Å²) in [4.78, 5) is 0. The smallest absolute Gasteiger partial charge is 0.119 e. The van der Waals surface area contributed by atoms with Gasteiger partial charge in [0.25, 0.3) is 0 Å². The van der Waals surface area contributed by atoms with Gasteiger partial charge in [-0.2, -0.15) is 0 Å². The number of benzene rings is 2. The van der Waals surface area contributed by atoms with Crippen LogP contribution < -0.4 is 4.74 Å². The van der Waals surface area contributed by atoms with Crippen LogP contribution in [0.5, 0.6) is 5.75 Å². The molecule has 0 unspecified atom stereocenters. The first-order valence-corrected chi connectivity index (χ1v) is 10.8. The largest absolute Gasteiger partial charge is 0.494 e. The Morgan fingerprint density at radius 2 is 1.64 bits per heavy atom. The average molecular weight is 373 g/mol. The van der Waals surface area contributed by atoms with Crippen LogP contribution >= 0.6 is 0 Å². The molecule has 1 aliphatic rings. The normalized spacial score (nSPS) is 19.2. The van der Waals surface area contributed by atoms with Gasteiger partial charge >= 0.3 is 0 Å². The van der Waals surface area contributed by atoms with Crippen LogP contribution in [0.4, 0.5) is 0 Å². The minimum atomic E-state index is 0.667. The average Bonchev–Trinajstić information content (AvgIpc) is 2.76. The molecule has 0 N–H and O–H groups in total. The van der Waals surface area contributed by atoms with Crippen molar-refractivity contribution < 1.29 is 4.74 Å². The van der Waals surface area contributed by atoms with Gasteiger partial charge in [-0.15, -0.1) is 0 Å². The molecule has 1 heteroatoms. The van der Waals surface area contributed by atoms with Crippen molar-refractivity contribution >= 4 is 0 Å². The van der Waals surface area contributed by atoms with Crippen LogP contribution in [0.2, 0.25) is 0 Å². The van der Waals surface area contributed by atoms with E-state index in [9.17, 15) is 0 Å². The summed E-state index contributed by atoms with van der Waals surface area (Å²) in [5.74, 6) is 8.79. The highest BCUT2D eigenvalue weighted by Crippen LogP contribution is 2.36. The summed E-state index contributed by atoms with van der Waals surface area (Å²) in [6.45, 7) is 5.11. The number of allylic oxidation sites excluding steroid dienone is 2. The Bertz CT molecular complexity index is 794. The van der Waals surface area contributed by atoms with E-state index in [4.69, 9.17) is 4.74 Å². The number of hydrogen-bond acceptors (Lipinski definition) is 1. The molecule has 0 radical (unpaired) electrons. The second-order valence-corrected chi connectivity index (χ2v) is 7.71. The van der Waals surface area contributed by atoms with Crippen LogP contribution in [0, 0.1) is 17.8 Å². The maximum atomic E-state index is 5.69. The molecule has 3 rings (SSSR count). The lowest BCUT2D eigenvalue weighted by Crippen LogP contribution is -2.11. The minimum absolute atomic E-state index is 0.667. The fourth-order valence-corrected chi connectivity index (χ4v) is 3.83. The number of aryl methyl sites for hydroxylation is 1. The van der Waals surface area contributed by atoms with E-state index in [0.29, 0.717) is 11.8 Å². The molecule has 0 amide bonds. The van der Waals surface area contributed by atoms with Crippen molar-refractivity contribution in [1.29, 1.82) is 0 Å². The van der Waals surface area contributed by atoms with E-state index in [-0.39, 0.29) is 0 Å². The fraction of sp³-hybridized carbons (Fsp3) is 0.407. The van der Waals surface area contributed by atoms with Gasteiger partial charge in [0.2, 0.25) is 0 Å².